The number of aliphatic hydroxyl groups is 1. The molecule has 4 nitrogen and oxygen atoms in total. The summed E-state index contributed by atoms with van der Waals surface area (Å²) in [5, 5.41) is 9.64. The minimum Gasteiger partial charge on any atom is -0.396 e. The average molecular weight is 391 g/mol. The minimum atomic E-state index is -0.598. The zero-order valence-electron chi connectivity index (χ0n) is 13.7. The Labute approximate surface area is 151 Å². The Morgan fingerprint density at radius 3 is 2.54 bits per heavy atom. The molecular formula is C19H23BrN2O2. The third-order valence-electron chi connectivity index (χ3n) is 4.02. The van der Waals surface area contributed by atoms with Crippen LogP contribution in [0.5, 0.6) is 0 Å². The minimum absolute atomic E-state index is 0.0114. The molecule has 0 aliphatic heterocycles. The van der Waals surface area contributed by atoms with Gasteiger partial charge in [-0.15, -0.1) is 0 Å². The summed E-state index contributed by atoms with van der Waals surface area (Å²) >= 11 is 3.42. The van der Waals surface area contributed by atoms with Crippen LogP contribution in [0.2, 0.25) is 0 Å². The van der Waals surface area contributed by atoms with Gasteiger partial charge in [-0.3, -0.25) is 4.79 Å². The Hall–Kier alpha value is -1.69. The predicted molar refractivity (Wildman–Crippen MR) is 99.7 cm³/mol. The second-order valence-electron chi connectivity index (χ2n) is 5.95. The molecule has 2 aromatic carbocycles. The lowest BCUT2D eigenvalue weighted by Gasteiger charge is -2.26. The van der Waals surface area contributed by atoms with Crippen LogP contribution in [-0.2, 0) is 11.2 Å². The monoisotopic (exact) mass is 390 g/mol. The predicted octanol–water partition coefficient (Wildman–Crippen LogP) is 2.55. The molecule has 0 spiro atoms. The average Bonchev–Trinajstić information content (AvgIpc) is 2.59. The molecule has 2 atom stereocenters. The van der Waals surface area contributed by atoms with E-state index in [1.165, 1.54) is 0 Å². The molecule has 0 saturated carbocycles. The van der Waals surface area contributed by atoms with E-state index in [1.54, 1.807) is 11.9 Å². The Morgan fingerprint density at radius 2 is 1.92 bits per heavy atom. The maximum Gasteiger partial charge on any atom is 0.239 e. The standard InChI is InChI=1S/C19H23BrN2O2/c1-22(12-16(13-23)15-7-3-2-4-8-15)19(24)18(21)11-14-6-5-9-17(20)10-14/h2-10,16,18,23H,11-13,21H2,1H3/t16?,18-/m1/s1. The van der Waals surface area contributed by atoms with Crippen molar-refractivity contribution in [1.29, 1.82) is 0 Å². The van der Waals surface area contributed by atoms with Crippen molar-refractivity contribution >= 4 is 21.8 Å². The van der Waals surface area contributed by atoms with Crippen LogP contribution in [0.1, 0.15) is 17.0 Å². The summed E-state index contributed by atoms with van der Waals surface area (Å²) in [5.41, 5.74) is 8.12. The number of benzene rings is 2. The molecule has 2 aromatic rings. The Kier molecular flexibility index (Phi) is 6.97. The number of rotatable bonds is 7. The first-order valence-corrected chi connectivity index (χ1v) is 8.71. The number of carbonyl (C=O) groups excluding carboxylic acids is 1. The van der Waals surface area contributed by atoms with Gasteiger partial charge >= 0.3 is 0 Å². The largest absolute Gasteiger partial charge is 0.396 e. The van der Waals surface area contributed by atoms with Crippen molar-refractivity contribution in [3.05, 3.63) is 70.2 Å². The van der Waals surface area contributed by atoms with Gasteiger partial charge in [-0.2, -0.15) is 0 Å². The van der Waals surface area contributed by atoms with Crippen LogP contribution in [0.4, 0.5) is 0 Å². The molecule has 0 radical (unpaired) electrons. The maximum atomic E-state index is 12.5. The summed E-state index contributed by atoms with van der Waals surface area (Å²) < 4.78 is 0.970. The first-order chi connectivity index (χ1) is 11.5. The van der Waals surface area contributed by atoms with E-state index in [2.05, 4.69) is 15.9 Å². The number of aliphatic hydroxyl groups excluding tert-OH is 1. The van der Waals surface area contributed by atoms with Gasteiger partial charge in [0.15, 0.2) is 0 Å². The highest BCUT2D eigenvalue weighted by Gasteiger charge is 2.22. The first kappa shape index (κ1) is 18.6. The summed E-state index contributed by atoms with van der Waals surface area (Å²) in [6, 6.07) is 16.9. The van der Waals surface area contributed by atoms with E-state index in [9.17, 15) is 9.90 Å². The zero-order valence-corrected chi connectivity index (χ0v) is 15.3. The number of hydrogen-bond acceptors (Lipinski definition) is 3. The van der Waals surface area contributed by atoms with Crippen LogP contribution in [0.25, 0.3) is 0 Å². The van der Waals surface area contributed by atoms with Crippen LogP contribution >= 0.6 is 15.9 Å². The number of hydrogen-bond donors (Lipinski definition) is 2. The lowest BCUT2D eigenvalue weighted by Crippen LogP contribution is -2.44. The third kappa shape index (κ3) is 5.16. The van der Waals surface area contributed by atoms with Gasteiger partial charge in [0.05, 0.1) is 12.6 Å². The van der Waals surface area contributed by atoms with E-state index >= 15 is 0 Å². The summed E-state index contributed by atoms with van der Waals surface area (Å²) in [6.07, 6.45) is 0.484. The van der Waals surface area contributed by atoms with Gasteiger partial charge < -0.3 is 15.7 Å². The van der Waals surface area contributed by atoms with Crippen molar-refractivity contribution in [2.24, 2.45) is 5.73 Å². The highest BCUT2D eigenvalue weighted by Crippen LogP contribution is 2.17. The normalized spacial score (nSPS) is 13.3. The van der Waals surface area contributed by atoms with E-state index in [0.717, 1.165) is 15.6 Å². The van der Waals surface area contributed by atoms with Crippen LogP contribution in [0.15, 0.2) is 59.1 Å². The number of halogens is 1. The van der Waals surface area contributed by atoms with Gasteiger partial charge in [-0.1, -0.05) is 58.4 Å². The van der Waals surface area contributed by atoms with Gasteiger partial charge in [0.2, 0.25) is 5.91 Å². The van der Waals surface area contributed by atoms with Crippen molar-refractivity contribution in [3.8, 4) is 0 Å². The van der Waals surface area contributed by atoms with Gasteiger partial charge in [-0.05, 0) is 29.7 Å². The molecule has 2 rings (SSSR count). The van der Waals surface area contributed by atoms with Crippen LogP contribution in [0.3, 0.4) is 0 Å². The van der Waals surface area contributed by atoms with Gasteiger partial charge in [0, 0.05) is 24.0 Å². The van der Waals surface area contributed by atoms with Crippen molar-refractivity contribution in [1.82, 2.24) is 4.90 Å². The Morgan fingerprint density at radius 1 is 1.21 bits per heavy atom. The molecule has 0 aliphatic carbocycles. The second kappa shape index (κ2) is 8.97. The molecule has 24 heavy (non-hydrogen) atoms. The lowest BCUT2D eigenvalue weighted by atomic mass is 9.99. The van der Waals surface area contributed by atoms with E-state index in [0.29, 0.717) is 13.0 Å². The lowest BCUT2D eigenvalue weighted by molar-refractivity contribution is -0.131. The van der Waals surface area contributed by atoms with Crippen LogP contribution in [0, 0.1) is 0 Å². The quantitative estimate of drug-likeness (QED) is 0.763. The molecule has 0 saturated heterocycles. The maximum absolute atomic E-state index is 12.5. The smallest absolute Gasteiger partial charge is 0.239 e. The van der Waals surface area contributed by atoms with E-state index in [-0.39, 0.29) is 18.4 Å². The van der Waals surface area contributed by atoms with Gasteiger partial charge in [0.1, 0.15) is 0 Å². The van der Waals surface area contributed by atoms with E-state index < -0.39 is 6.04 Å². The fourth-order valence-corrected chi connectivity index (χ4v) is 3.15. The second-order valence-corrected chi connectivity index (χ2v) is 6.87. The SMILES string of the molecule is CN(CC(CO)c1ccccc1)C(=O)[C@H](N)Cc1cccc(Br)c1. The molecule has 0 fully saturated rings. The summed E-state index contributed by atoms with van der Waals surface area (Å²) in [7, 11) is 1.73. The number of nitrogens with two attached hydrogens (primary N) is 1. The molecule has 1 unspecified atom stereocenters. The first-order valence-electron chi connectivity index (χ1n) is 7.92. The number of likely N-dealkylation sites (N-methyl/N-ethyl adjacent to an activating group) is 1. The number of carbonyl (C=O) groups is 1. The Bertz CT molecular complexity index is 663. The van der Waals surface area contributed by atoms with E-state index in [1.807, 2.05) is 54.6 Å². The number of amides is 1. The van der Waals surface area contributed by atoms with Crippen molar-refractivity contribution < 1.29 is 9.90 Å². The van der Waals surface area contributed by atoms with Gasteiger partial charge in [0.25, 0.3) is 0 Å². The summed E-state index contributed by atoms with van der Waals surface area (Å²) in [5.74, 6) is -0.234. The van der Waals surface area contributed by atoms with Gasteiger partial charge in [-0.25, -0.2) is 0 Å². The molecule has 1 amide bonds. The highest BCUT2D eigenvalue weighted by atomic mass is 79.9. The molecular weight excluding hydrogens is 368 g/mol. The van der Waals surface area contributed by atoms with Crippen molar-refractivity contribution in [3.63, 3.8) is 0 Å². The third-order valence-corrected chi connectivity index (χ3v) is 4.52. The Balaban J connectivity index is 1.97. The molecule has 128 valence electrons. The van der Waals surface area contributed by atoms with Crippen molar-refractivity contribution in [2.45, 2.75) is 18.4 Å². The molecule has 5 heteroatoms. The number of nitrogens with zero attached hydrogens (tertiary/aromatic N) is 1. The topological polar surface area (TPSA) is 66.6 Å². The molecule has 0 aliphatic rings. The summed E-state index contributed by atoms with van der Waals surface area (Å²) in [6.45, 7) is 0.425. The summed E-state index contributed by atoms with van der Waals surface area (Å²) in [4.78, 5) is 14.1. The highest BCUT2D eigenvalue weighted by molar-refractivity contribution is 9.10. The zero-order chi connectivity index (χ0) is 17.5. The van der Waals surface area contributed by atoms with Crippen molar-refractivity contribution in [2.75, 3.05) is 20.2 Å². The molecule has 0 bridgehead atoms. The van der Waals surface area contributed by atoms with E-state index in [4.69, 9.17) is 5.73 Å². The molecule has 0 heterocycles. The fourth-order valence-electron chi connectivity index (χ4n) is 2.70. The van der Waals surface area contributed by atoms with Crippen LogP contribution < -0.4 is 5.73 Å². The fraction of sp³-hybridized carbons (Fsp3) is 0.316. The van der Waals surface area contributed by atoms with Crippen LogP contribution in [-0.4, -0.2) is 42.2 Å². The molecule has 3 N–H and O–H groups in total. The molecule has 0 aromatic heterocycles.